The van der Waals surface area contributed by atoms with Crippen molar-refractivity contribution in [3.8, 4) is 11.5 Å². The Morgan fingerprint density at radius 2 is 1.85 bits per heavy atom. The summed E-state index contributed by atoms with van der Waals surface area (Å²) >= 11 is 0. The zero-order chi connectivity index (χ0) is 14.2. The van der Waals surface area contributed by atoms with Crippen molar-refractivity contribution in [2.75, 3.05) is 20.3 Å². The normalized spacial score (nSPS) is 17.7. The van der Waals surface area contributed by atoms with E-state index in [0.29, 0.717) is 12.6 Å². The number of ether oxygens (including phenoxy) is 2. The zero-order valence-electron chi connectivity index (χ0n) is 12.7. The summed E-state index contributed by atoms with van der Waals surface area (Å²) in [6.07, 6.45) is 6.96. The molecule has 0 radical (unpaired) electrons. The summed E-state index contributed by atoms with van der Waals surface area (Å²) in [6.45, 7) is 3.87. The van der Waals surface area contributed by atoms with E-state index in [4.69, 9.17) is 9.47 Å². The third-order valence-corrected chi connectivity index (χ3v) is 4.25. The Balaban J connectivity index is 1.68. The van der Waals surface area contributed by atoms with Crippen molar-refractivity contribution in [2.24, 2.45) is 5.92 Å². The fraction of sp³-hybridized carbons (Fsp3) is 0.647. The number of benzene rings is 1. The third kappa shape index (κ3) is 4.41. The molecule has 1 aromatic carbocycles. The first-order chi connectivity index (χ1) is 9.81. The quantitative estimate of drug-likeness (QED) is 0.772. The predicted octanol–water partition coefficient (Wildman–Crippen LogP) is 3.63. The number of methoxy groups -OCH3 is 1. The van der Waals surface area contributed by atoms with Crippen LogP contribution in [0.15, 0.2) is 24.3 Å². The maximum Gasteiger partial charge on any atom is 0.161 e. The summed E-state index contributed by atoms with van der Waals surface area (Å²) in [5.74, 6) is 2.46. The summed E-state index contributed by atoms with van der Waals surface area (Å²) in [6, 6.07) is 8.39. The first kappa shape index (κ1) is 15.2. The fourth-order valence-corrected chi connectivity index (χ4v) is 2.99. The van der Waals surface area contributed by atoms with Crippen LogP contribution in [0.1, 0.15) is 39.0 Å². The van der Waals surface area contributed by atoms with Crippen molar-refractivity contribution in [2.45, 2.75) is 45.1 Å². The van der Waals surface area contributed by atoms with Gasteiger partial charge >= 0.3 is 0 Å². The Labute approximate surface area is 122 Å². The number of rotatable bonds is 7. The van der Waals surface area contributed by atoms with Gasteiger partial charge in [0.1, 0.15) is 6.61 Å². The molecular weight excluding hydrogens is 250 g/mol. The van der Waals surface area contributed by atoms with Crippen LogP contribution in [0.25, 0.3) is 0 Å². The number of nitrogens with one attached hydrogen (secondary N) is 1. The highest BCUT2D eigenvalue weighted by atomic mass is 16.5. The maximum absolute atomic E-state index is 5.78. The molecule has 20 heavy (non-hydrogen) atoms. The van der Waals surface area contributed by atoms with Gasteiger partial charge in [0.2, 0.25) is 0 Å². The Kier molecular flexibility index (Phi) is 6.19. The first-order valence-corrected chi connectivity index (χ1v) is 7.80. The van der Waals surface area contributed by atoms with Gasteiger partial charge in [-0.1, -0.05) is 31.4 Å². The summed E-state index contributed by atoms with van der Waals surface area (Å²) in [5.41, 5.74) is 0. The number of hydrogen-bond acceptors (Lipinski definition) is 3. The van der Waals surface area contributed by atoms with E-state index in [1.165, 1.54) is 32.1 Å². The van der Waals surface area contributed by atoms with Crippen molar-refractivity contribution in [1.82, 2.24) is 5.32 Å². The zero-order valence-corrected chi connectivity index (χ0v) is 12.7. The molecule has 0 aromatic heterocycles. The molecule has 0 spiro atoms. The smallest absolute Gasteiger partial charge is 0.161 e. The molecule has 1 N–H and O–H groups in total. The van der Waals surface area contributed by atoms with Crippen LogP contribution in [0.2, 0.25) is 0 Å². The Morgan fingerprint density at radius 1 is 1.15 bits per heavy atom. The first-order valence-electron chi connectivity index (χ1n) is 7.80. The average Bonchev–Trinajstić information content (AvgIpc) is 2.52. The summed E-state index contributed by atoms with van der Waals surface area (Å²) in [5, 5.41) is 3.59. The molecule has 0 saturated heterocycles. The number of hydrogen-bond donors (Lipinski definition) is 1. The molecule has 1 atom stereocenters. The highest BCUT2D eigenvalue weighted by molar-refractivity contribution is 5.39. The van der Waals surface area contributed by atoms with Crippen LogP contribution < -0.4 is 14.8 Å². The lowest BCUT2D eigenvalue weighted by molar-refractivity contribution is 0.251. The molecule has 3 nitrogen and oxygen atoms in total. The van der Waals surface area contributed by atoms with Crippen molar-refractivity contribution in [3.63, 3.8) is 0 Å². The van der Waals surface area contributed by atoms with Crippen LogP contribution in [0, 0.1) is 5.92 Å². The van der Waals surface area contributed by atoms with E-state index in [1.807, 2.05) is 24.3 Å². The van der Waals surface area contributed by atoms with E-state index >= 15 is 0 Å². The van der Waals surface area contributed by atoms with Crippen molar-refractivity contribution in [1.29, 1.82) is 0 Å². The van der Waals surface area contributed by atoms with Crippen molar-refractivity contribution < 1.29 is 9.47 Å². The average molecular weight is 277 g/mol. The lowest BCUT2D eigenvalue weighted by Gasteiger charge is -2.28. The standard InChI is InChI=1S/C17H27NO2/c1-14(15-8-4-3-5-9-15)18-12-13-20-17-11-7-6-10-16(17)19-2/h6-7,10-11,14-15,18H,3-5,8-9,12-13H2,1-2H3/t14-/m1/s1. The summed E-state index contributed by atoms with van der Waals surface area (Å²) in [7, 11) is 1.67. The largest absolute Gasteiger partial charge is 0.493 e. The second-order valence-corrected chi connectivity index (χ2v) is 5.64. The van der Waals surface area contributed by atoms with Crippen LogP contribution in [-0.4, -0.2) is 26.3 Å². The second kappa shape index (κ2) is 8.15. The molecule has 2 rings (SSSR count). The van der Waals surface area contributed by atoms with Gasteiger partial charge in [-0.2, -0.15) is 0 Å². The minimum Gasteiger partial charge on any atom is -0.493 e. The van der Waals surface area contributed by atoms with E-state index < -0.39 is 0 Å². The van der Waals surface area contributed by atoms with Gasteiger partial charge in [0.05, 0.1) is 7.11 Å². The highest BCUT2D eigenvalue weighted by Crippen LogP contribution is 2.27. The molecule has 0 bridgehead atoms. The SMILES string of the molecule is COc1ccccc1OCCN[C@H](C)C1CCCCC1. The minimum absolute atomic E-state index is 0.594. The van der Waals surface area contributed by atoms with E-state index in [0.717, 1.165) is 24.0 Å². The van der Waals surface area contributed by atoms with Crippen LogP contribution >= 0.6 is 0 Å². The maximum atomic E-state index is 5.78. The fourth-order valence-electron chi connectivity index (χ4n) is 2.99. The molecule has 0 unspecified atom stereocenters. The highest BCUT2D eigenvalue weighted by Gasteiger charge is 2.19. The van der Waals surface area contributed by atoms with Gasteiger partial charge in [-0.05, 0) is 37.8 Å². The molecule has 0 amide bonds. The van der Waals surface area contributed by atoms with Crippen LogP contribution in [0.5, 0.6) is 11.5 Å². The monoisotopic (exact) mass is 277 g/mol. The summed E-state index contributed by atoms with van der Waals surface area (Å²) in [4.78, 5) is 0. The van der Waals surface area contributed by atoms with Crippen LogP contribution in [0.4, 0.5) is 0 Å². The van der Waals surface area contributed by atoms with Crippen LogP contribution in [0.3, 0.4) is 0 Å². The second-order valence-electron chi connectivity index (χ2n) is 5.64. The Hall–Kier alpha value is -1.22. The van der Waals surface area contributed by atoms with Gasteiger partial charge in [-0.25, -0.2) is 0 Å². The summed E-state index contributed by atoms with van der Waals surface area (Å²) < 4.78 is 11.1. The van der Waals surface area contributed by atoms with Gasteiger partial charge in [0, 0.05) is 12.6 Å². The minimum atomic E-state index is 0.594. The van der Waals surface area contributed by atoms with Gasteiger partial charge < -0.3 is 14.8 Å². The van der Waals surface area contributed by atoms with Gasteiger partial charge in [-0.15, -0.1) is 0 Å². The molecule has 1 aliphatic carbocycles. The molecular formula is C17H27NO2. The molecule has 1 aliphatic rings. The molecule has 1 saturated carbocycles. The number of para-hydroxylation sites is 2. The lowest BCUT2D eigenvalue weighted by atomic mass is 9.84. The van der Waals surface area contributed by atoms with E-state index in [1.54, 1.807) is 7.11 Å². The molecule has 1 fully saturated rings. The molecule has 3 heteroatoms. The van der Waals surface area contributed by atoms with Crippen LogP contribution in [-0.2, 0) is 0 Å². The van der Waals surface area contributed by atoms with E-state index in [9.17, 15) is 0 Å². The predicted molar refractivity (Wildman–Crippen MR) is 82.5 cm³/mol. The van der Waals surface area contributed by atoms with E-state index in [-0.39, 0.29) is 0 Å². The van der Waals surface area contributed by atoms with Crippen molar-refractivity contribution >= 4 is 0 Å². The van der Waals surface area contributed by atoms with Gasteiger partial charge in [-0.3, -0.25) is 0 Å². The molecule has 1 aromatic rings. The van der Waals surface area contributed by atoms with Crippen molar-refractivity contribution in [3.05, 3.63) is 24.3 Å². The van der Waals surface area contributed by atoms with Gasteiger partial charge in [0.15, 0.2) is 11.5 Å². The molecule has 112 valence electrons. The van der Waals surface area contributed by atoms with Gasteiger partial charge in [0.25, 0.3) is 0 Å². The third-order valence-electron chi connectivity index (χ3n) is 4.25. The Bertz CT molecular complexity index is 388. The Morgan fingerprint density at radius 3 is 2.55 bits per heavy atom. The van der Waals surface area contributed by atoms with E-state index in [2.05, 4.69) is 12.2 Å². The lowest BCUT2D eigenvalue weighted by Crippen LogP contribution is -2.37. The molecule has 0 heterocycles. The topological polar surface area (TPSA) is 30.5 Å². The molecule has 0 aliphatic heterocycles.